The van der Waals surface area contributed by atoms with Crippen molar-refractivity contribution in [3.8, 4) is 0 Å². The van der Waals surface area contributed by atoms with Crippen molar-refractivity contribution in [2.75, 3.05) is 13.6 Å². The maximum Gasteiger partial charge on any atom is 0.191 e. The Morgan fingerprint density at radius 3 is 2.68 bits per heavy atom. The fourth-order valence-corrected chi connectivity index (χ4v) is 2.31. The number of halogens is 1. The second kappa shape index (κ2) is 10.4. The number of aliphatic imine (C=N–C) groups is 1. The highest BCUT2D eigenvalue weighted by Gasteiger charge is 2.03. The molecule has 0 radical (unpaired) electrons. The molecule has 0 atom stereocenters. The van der Waals surface area contributed by atoms with E-state index < -0.39 is 0 Å². The zero-order valence-electron chi connectivity index (χ0n) is 12.2. The van der Waals surface area contributed by atoms with Gasteiger partial charge in [-0.05, 0) is 25.7 Å². The van der Waals surface area contributed by atoms with Crippen molar-refractivity contribution < 1.29 is 0 Å². The van der Waals surface area contributed by atoms with Crippen molar-refractivity contribution in [3.05, 3.63) is 16.1 Å². The molecule has 0 amide bonds. The molecule has 0 unspecified atom stereocenters. The van der Waals surface area contributed by atoms with Gasteiger partial charge in [0.05, 0.1) is 17.7 Å². The third-order valence-corrected chi connectivity index (χ3v) is 3.67. The van der Waals surface area contributed by atoms with Gasteiger partial charge in [0.2, 0.25) is 0 Å². The molecule has 2 N–H and O–H groups in total. The lowest BCUT2D eigenvalue weighted by Gasteiger charge is -2.12. The fraction of sp³-hybridized carbons (Fsp3) is 0.692. The third kappa shape index (κ3) is 7.71. The second-order valence-electron chi connectivity index (χ2n) is 4.75. The summed E-state index contributed by atoms with van der Waals surface area (Å²) < 4.78 is 0. The molecule has 0 bridgehead atoms. The number of nitrogens with one attached hydrogen (secondary N) is 2. The first-order valence-corrected chi connectivity index (χ1v) is 7.35. The summed E-state index contributed by atoms with van der Waals surface area (Å²) in [7, 11) is 1.80. The average Bonchev–Trinajstić information content (AvgIpc) is 2.74. The highest BCUT2D eigenvalue weighted by Crippen LogP contribution is 2.10. The van der Waals surface area contributed by atoms with Crippen LogP contribution in [0.2, 0.25) is 0 Å². The Bertz CT molecular complexity index is 376. The Labute approximate surface area is 137 Å². The van der Waals surface area contributed by atoms with Crippen molar-refractivity contribution in [1.82, 2.24) is 15.6 Å². The van der Waals surface area contributed by atoms with Gasteiger partial charge in [0.1, 0.15) is 0 Å². The van der Waals surface area contributed by atoms with E-state index in [0.29, 0.717) is 0 Å². The smallest absolute Gasteiger partial charge is 0.191 e. The van der Waals surface area contributed by atoms with E-state index in [1.165, 1.54) is 17.7 Å². The fourth-order valence-electron chi connectivity index (χ4n) is 1.60. The van der Waals surface area contributed by atoms with Gasteiger partial charge in [-0.25, -0.2) is 4.98 Å². The standard InChI is InChI=1S/C13H24N4S.HI/c1-10(2)6-5-7-15-13(14-4)16-8-12-11(3)17-9-18-12;/h9-10H,5-8H2,1-4H3,(H2,14,15,16);1H. The van der Waals surface area contributed by atoms with Gasteiger partial charge in [-0.1, -0.05) is 13.8 Å². The largest absolute Gasteiger partial charge is 0.356 e. The number of thiazole rings is 1. The lowest BCUT2D eigenvalue weighted by atomic mass is 10.1. The SMILES string of the molecule is CN=C(NCCCC(C)C)NCc1scnc1C.I. The highest BCUT2D eigenvalue weighted by atomic mass is 127. The van der Waals surface area contributed by atoms with Gasteiger partial charge in [-0.2, -0.15) is 0 Å². The van der Waals surface area contributed by atoms with Gasteiger partial charge in [0.25, 0.3) is 0 Å². The lowest BCUT2D eigenvalue weighted by Crippen LogP contribution is -2.37. The number of aromatic nitrogens is 1. The molecule has 0 aliphatic rings. The van der Waals surface area contributed by atoms with Crippen LogP contribution in [0.5, 0.6) is 0 Å². The van der Waals surface area contributed by atoms with Crippen LogP contribution in [-0.2, 0) is 6.54 Å². The number of rotatable bonds is 6. The van der Waals surface area contributed by atoms with Crippen molar-refractivity contribution in [2.45, 2.75) is 40.2 Å². The van der Waals surface area contributed by atoms with Crippen molar-refractivity contribution >= 4 is 41.3 Å². The van der Waals surface area contributed by atoms with E-state index in [2.05, 4.69) is 34.5 Å². The zero-order valence-corrected chi connectivity index (χ0v) is 15.3. The summed E-state index contributed by atoms with van der Waals surface area (Å²) in [5.41, 5.74) is 2.98. The molecule has 0 aliphatic carbocycles. The van der Waals surface area contributed by atoms with E-state index in [9.17, 15) is 0 Å². The summed E-state index contributed by atoms with van der Waals surface area (Å²) >= 11 is 1.68. The zero-order chi connectivity index (χ0) is 13.4. The maximum absolute atomic E-state index is 4.23. The summed E-state index contributed by atoms with van der Waals surface area (Å²) in [6.07, 6.45) is 2.43. The van der Waals surface area contributed by atoms with E-state index in [-0.39, 0.29) is 24.0 Å². The van der Waals surface area contributed by atoms with Crippen LogP contribution in [0.25, 0.3) is 0 Å². The molecule has 6 heteroatoms. The van der Waals surface area contributed by atoms with Gasteiger partial charge < -0.3 is 10.6 Å². The summed E-state index contributed by atoms with van der Waals surface area (Å²) in [4.78, 5) is 9.71. The first kappa shape index (κ1) is 18.6. The van der Waals surface area contributed by atoms with E-state index in [0.717, 1.165) is 30.7 Å². The van der Waals surface area contributed by atoms with E-state index >= 15 is 0 Å². The van der Waals surface area contributed by atoms with Crippen LogP contribution in [0.1, 0.15) is 37.3 Å². The van der Waals surface area contributed by atoms with Gasteiger partial charge in [-0.3, -0.25) is 4.99 Å². The summed E-state index contributed by atoms with van der Waals surface area (Å²) in [6.45, 7) is 8.30. The average molecular weight is 396 g/mol. The lowest BCUT2D eigenvalue weighted by molar-refractivity contribution is 0.549. The molecule has 1 heterocycles. The topological polar surface area (TPSA) is 49.3 Å². The Hall–Kier alpha value is -0.370. The van der Waals surface area contributed by atoms with Crippen LogP contribution >= 0.6 is 35.3 Å². The summed E-state index contributed by atoms with van der Waals surface area (Å²) in [5.74, 6) is 1.63. The molecule has 0 fully saturated rings. The van der Waals surface area contributed by atoms with Crippen LogP contribution in [0.15, 0.2) is 10.5 Å². The van der Waals surface area contributed by atoms with Crippen LogP contribution in [-0.4, -0.2) is 24.5 Å². The number of nitrogens with zero attached hydrogens (tertiary/aromatic N) is 2. The minimum absolute atomic E-state index is 0. The number of hydrogen-bond acceptors (Lipinski definition) is 3. The quantitative estimate of drug-likeness (QED) is 0.336. The molecule has 1 aromatic heterocycles. The van der Waals surface area contributed by atoms with E-state index in [1.54, 1.807) is 18.4 Å². The van der Waals surface area contributed by atoms with Gasteiger partial charge >= 0.3 is 0 Å². The highest BCUT2D eigenvalue weighted by molar-refractivity contribution is 14.0. The number of hydrogen-bond donors (Lipinski definition) is 2. The molecular formula is C13H25IN4S. The van der Waals surface area contributed by atoms with Gasteiger partial charge in [0.15, 0.2) is 5.96 Å². The maximum atomic E-state index is 4.23. The summed E-state index contributed by atoms with van der Waals surface area (Å²) in [5, 5.41) is 6.64. The normalized spacial score (nSPS) is 11.3. The Balaban J connectivity index is 0.00000324. The molecule has 0 spiro atoms. The molecule has 1 rings (SSSR count). The number of aryl methyl sites for hydroxylation is 1. The van der Waals surface area contributed by atoms with Crippen molar-refractivity contribution in [3.63, 3.8) is 0 Å². The monoisotopic (exact) mass is 396 g/mol. The summed E-state index contributed by atoms with van der Waals surface area (Å²) in [6, 6.07) is 0. The van der Waals surface area contributed by atoms with Crippen molar-refractivity contribution in [1.29, 1.82) is 0 Å². The Morgan fingerprint density at radius 1 is 1.42 bits per heavy atom. The molecule has 1 aromatic rings. The van der Waals surface area contributed by atoms with Crippen LogP contribution in [0, 0.1) is 12.8 Å². The van der Waals surface area contributed by atoms with Gasteiger partial charge in [-0.15, -0.1) is 35.3 Å². The third-order valence-electron chi connectivity index (χ3n) is 2.74. The van der Waals surface area contributed by atoms with E-state index in [4.69, 9.17) is 0 Å². The molecule has 0 saturated carbocycles. The first-order valence-electron chi connectivity index (χ1n) is 6.47. The first-order chi connectivity index (χ1) is 8.63. The van der Waals surface area contributed by atoms with Crippen LogP contribution in [0.4, 0.5) is 0 Å². The predicted molar refractivity (Wildman–Crippen MR) is 94.5 cm³/mol. The number of guanidine groups is 1. The van der Waals surface area contributed by atoms with Crippen LogP contribution < -0.4 is 10.6 Å². The molecular weight excluding hydrogens is 371 g/mol. The Kier molecular flexibility index (Phi) is 10.2. The van der Waals surface area contributed by atoms with Gasteiger partial charge in [0, 0.05) is 18.5 Å². The molecule has 0 aromatic carbocycles. The van der Waals surface area contributed by atoms with E-state index in [1.807, 2.05) is 12.4 Å². The van der Waals surface area contributed by atoms with Crippen LogP contribution in [0.3, 0.4) is 0 Å². The Morgan fingerprint density at radius 2 is 2.16 bits per heavy atom. The molecule has 19 heavy (non-hydrogen) atoms. The van der Waals surface area contributed by atoms with Crippen molar-refractivity contribution in [2.24, 2.45) is 10.9 Å². The second-order valence-corrected chi connectivity index (χ2v) is 5.69. The minimum Gasteiger partial charge on any atom is -0.356 e. The predicted octanol–water partition coefficient (Wildman–Crippen LogP) is 3.17. The molecule has 4 nitrogen and oxygen atoms in total. The molecule has 0 aliphatic heterocycles. The molecule has 0 saturated heterocycles. The minimum atomic E-state index is 0. The molecule has 110 valence electrons.